The van der Waals surface area contributed by atoms with Crippen LogP contribution in [-0.2, 0) is 78.4 Å². The van der Waals surface area contributed by atoms with Crippen LogP contribution in [0.2, 0.25) is 0 Å². The fourth-order valence-electron chi connectivity index (χ4n) is 22.5. The molecule has 644 valence electrons. The maximum absolute atomic E-state index is 12.8. The van der Waals surface area contributed by atoms with Crippen LogP contribution in [-0.4, -0.2) is 87.4 Å². The predicted octanol–water partition coefficient (Wildman–Crippen LogP) is 25.6. The second-order valence-electron chi connectivity index (χ2n) is 37.1. The van der Waals surface area contributed by atoms with E-state index in [1.165, 1.54) is 237 Å². The van der Waals surface area contributed by atoms with Gasteiger partial charge in [0, 0.05) is 108 Å². The van der Waals surface area contributed by atoms with E-state index in [0.717, 1.165) is 157 Å². The lowest BCUT2D eigenvalue weighted by molar-refractivity contribution is -0.141. The Morgan fingerprint density at radius 3 is 0.626 bits per heavy atom. The normalized spacial score (nSPS) is 23.4. The molecule has 10 nitrogen and oxygen atoms in total. The van der Waals surface area contributed by atoms with Gasteiger partial charge < -0.3 is 23.7 Å². The summed E-state index contributed by atoms with van der Waals surface area (Å²) < 4.78 is 29.4. The van der Waals surface area contributed by atoms with Gasteiger partial charge in [-0.3, -0.25) is 24.0 Å². The molecule has 0 amide bonds. The van der Waals surface area contributed by atoms with E-state index in [2.05, 4.69) is 140 Å². The van der Waals surface area contributed by atoms with E-state index < -0.39 is 0 Å². The molecule has 0 N–H and O–H groups in total. The SMILES string of the molecule is O=C(Oc1ccc([S+]2CCCC2)c2ccccc12)C1CC2CCC1C2.O=C(Oc1ccc([S+]2CCCC2)c2ccccc12)C1CCCC1.O=C(Oc1ccc([S+]2CCCC2)c2ccccc12)C1CCCCC1.O=C(Oc1ccc([S+]2CCCCC2)c2ccccc12)C1CC2CCC1C2.O=C(Oc1ccc([S+]2CCCCC2)c2ccccc12)C1CCCCC1. The van der Waals surface area contributed by atoms with Crippen molar-refractivity contribution in [1.29, 1.82) is 0 Å². The lowest BCUT2D eigenvalue weighted by Gasteiger charge is -2.20. The fraction of sp³-hybridized carbons (Fsp3) is 0.491. The Balaban J connectivity index is 0.000000105. The zero-order valence-corrected chi connectivity index (χ0v) is 76.3. The maximum Gasteiger partial charge on any atom is 0.314 e. The van der Waals surface area contributed by atoms with Gasteiger partial charge in [0.05, 0.1) is 29.6 Å². The molecule has 7 aliphatic carbocycles. The molecule has 0 radical (unpaired) electrons. The van der Waals surface area contributed by atoms with E-state index in [1.54, 1.807) is 0 Å². The monoisotopic (exact) mass is 1740 g/mol. The first kappa shape index (κ1) is 86.3. The quantitative estimate of drug-likeness (QED) is 0.0555. The van der Waals surface area contributed by atoms with Crippen molar-refractivity contribution >= 4 is 138 Å². The van der Waals surface area contributed by atoms with Crippen molar-refractivity contribution in [3.63, 3.8) is 0 Å². The minimum Gasteiger partial charge on any atom is -0.426 e. The Labute approximate surface area is 744 Å². The number of ether oxygens (including phenoxy) is 5. The molecule has 10 aromatic carbocycles. The minimum absolute atomic E-state index is 0.00779. The highest BCUT2D eigenvalue weighted by molar-refractivity contribution is 7.98. The largest absolute Gasteiger partial charge is 0.426 e. The Kier molecular flexibility index (Phi) is 29.2. The number of carbonyl (C=O) groups excluding carboxylic acids is 5. The summed E-state index contributed by atoms with van der Waals surface area (Å²) >= 11 is 0. The van der Waals surface area contributed by atoms with Gasteiger partial charge in [-0.05, 0) is 269 Å². The van der Waals surface area contributed by atoms with Crippen LogP contribution in [0, 0.1) is 53.3 Å². The molecule has 4 bridgehead atoms. The summed E-state index contributed by atoms with van der Waals surface area (Å²) in [5.74, 6) is 20.0. The molecule has 5 heterocycles. The van der Waals surface area contributed by atoms with E-state index in [-0.39, 0.29) is 59.4 Å². The van der Waals surface area contributed by atoms with Crippen LogP contribution in [0.4, 0.5) is 0 Å². The first-order valence-corrected chi connectivity index (χ1v) is 55.4. The first-order chi connectivity index (χ1) is 60.6. The summed E-state index contributed by atoms with van der Waals surface area (Å²) in [6.07, 6.45) is 41.2. The average Bonchev–Trinajstić information content (AvgIpc) is 1.65. The molecule has 22 rings (SSSR count). The second kappa shape index (κ2) is 41.6. The number of hydrogen-bond acceptors (Lipinski definition) is 10. The number of esters is 5. The lowest BCUT2D eigenvalue weighted by Crippen LogP contribution is -2.25. The molecule has 12 fully saturated rings. The van der Waals surface area contributed by atoms with Gasteiger partial charge in [-0.15, -0.1) is 0 Å². The van der Waals surface area contributed by atoms with Crippen LogP contribution < -0.4 is 23.7 Å². The molecule has 5 saturated heterocycles. The molecular weight excluding hydrogens is 1620 g/mol. The van der Waals surface area contributed by atoms with Crippen molar-refractivity contribution < 1.29 is 47.7 Å². The van der Waals surface area contributed by atoms with Gasteiger partial charge in [0.15, 0.2) is 24.5 Å². The number of carbonyl (C=O) groups is 5. The van der Waals surface area contributed by atoms with Gasteiger partial charge in [0.2, 0.25) is 0 Å². The Morgan fingerprint density at radius 2 is 0.407 bits per heavy atom. The van der Waals surface area contributed by atoms with Gasteiger partial charge in [-0.25, -0.2) is 0 Å². The highest BCUT2D eigenvalue weighted by Gasteiger charge is 2.46. The molecular formula is C108H127O10S5+5. The molecule has 12 aliphatic rings. The third-order valence-corrected chi connectivity index (χ3v) is 41.8. The third kappa shape index (κ3) is 20.4. The van der Waals surface area contributed by atoms with Crippen molar-refractivity contribution in [1.82, 2.24) is 0 Å². The highest BCUT2D eigenvalue weighted by Crippen LogP contribution is 2.51. The summed E-state index contributed by atoms with van der Waals surface area (Å²) in [7, 11) is 1.81. The molecule has 0 spiro atoms. The topological polar surface area (TPSA) is 132 Å². The number of fused-ring (bicyclic) bond motifs is 9. The third-order valence-electron chi connectivity index (χ3n) is 29.1. The summed E-state index contributed by atoms with van der Waals surface area (Å²) in [5.41, 5.74) is 0. The van der Waals surface area contributed by atoms with Gasteiger partial charge in [-0.2, -0.15) is 0 Å². The van der Waals surface area contributed by atoms with Gasteiger partial charge in [0.25, 0.3) is 0 Å². The standard InChI is InChI=1S/C23H27O2S.C22H25O2S.C22H27O2S.C21H25O2S.C20H23O2S/c24-23(20-15-16-8-9-17(20)14-16)25-21-10-11-22(26-12-4-1-5-13-26)19-7-3-2-6-18(19)21;23-22(19-14-15-7-8-16(19)13-15)24-20-9-10-21(25-11-3-4-12-25)18-6-2-1-5-17(18)20;23-22(17-9-3-1-4-10-17)24-20-13-14-21(25-15-7-2-8-16-25)19-12-6-5-11-18(19)20;22-21(16-8-2-1-3-9-16)23-19-12-13-20(24-14-6-7-15-24)18-11-5-4-10-17(18)19;21-20(15-7-1-2-8-15)22-18-11-12-19(23-13-5-6-14-23)17-10-4-3-9-16(17)18/h2-3,6-7,10-11,16-17,20H,1,4-5,8-9,12-15H2;1-2,5-6,9-10,15-16,19H,3-4,7-8,11-14H2;5-6,11-14,17H,1-4,7-10,15-16H2;4-5,10-13,16H,1-3,6-9,14-15H2;3-4,9-12,15H,1-2,5-8,13-14H2/q5*+1. The molecule has 15 heteroatoms. The van der Waals surface area contributed by atoms with Gasteiger partial charge in [0.1, 0.15) is 86.3 Å². The van der Waals surface area contributed by atoms with E-state index in [9.17, 15) is 24.0 Å². The van der Waals surface area contributed by atoms with E-state index in [0.29, 0.717) is 66.3 Å². The number of hydrogen-bond donors (Lipinski definition) is 0. The molecule has 10 aromatic rings. The van der Waals surface area contributed by atoms with Crippen LogP contribution in [0.1, 0.15) is 218 Å². The van der Waals surface area contributed by atoms with Crippen LogP contribution >= 0.6 is 0 Å². The smallest absolute Gasteiger partial charge is 0.314 e. The van der Waals surface area contributed by atoms with Crippen molar-refractivity contribution in [2.75, 3.05) is 57.5 Å². The predicted molar refractivity (Wildman–Crippen MR) is 513 cm³/mol. The van der Waals surface area contributed by atoms with Gasteiger partial charge in [-0.1, -0.05) is 155 Å². The van der Waals surface area contributed by atoms with Crippen LogP contribution in [0.3, 0.4) is 0 Å². The average molecular weight is 1750 g/mol. The maximum atomic E-state index is 12.8. The minimum atomic E-state index is -0.0382. The van der Waals surface area contributed by atoms with Gasteiger partial charge >= 0.3 is 29.8 Å². The molecule has 6 unspecified atom stereocenters. The fourth-order valence-corrected chi connectivity index (χ4v) is 35.0. The second-order valence-corrected chi connectivity index (χ2v) is 48.3. The Bertz CT molecular complexity index is 5340. The van der Waals surface area contributed by atoms with Crippen LogP contribution in [0.5, 0.6) is 28.7 Å². The zero-order chi connectivity index (χ0) is 83.4. The van der Waals surface area contributed by atoms with Crippen molar-refractivity contribution in [3.05, 3.63) is 182 Å². The van der Waals surface area contributed by atoms with Crippen molar-refractivity contribution in [2.24, 2.45) is 53.3 Å². The van der Waals surface area contributed by atoms with Crippen LogP contribution in [0.15, 0.2) is 206 Å². The zero-order valence-electron chi connectivity index (χ0n) is 72.3. The van der Waals surface area contributed by atoms with Crippen LogP contribution in [0.25, 0.3) is 53.9 Å². The van der Waals surface area contributed by atoms with Crippen molar-refractivity contribution in [3.8, 4) is 28.7 Å². The molecule has 123 heavy (non-hydrogen) atoms. The highest BCUT2D eigenvalue weighted by atomic mass is 32.2. The van der Waals surface area contributed by atoms with E-state index in [1.807, 2.05) is 42.5 Å². The molecule has 0 aromatic heterocycles. The first-order valence-electron chi connectivity index (χ1n) is 47.6. The Morgan fingerprint density at radius 1 is 0.203 bits per heavy atom. The summed E-state index contributed by atoms with van der Waals surface area (Å²) in [5, 5.41) is 11.9. The molecule has 7 saturated carbocycles. The van der Waals surface area contributed by atoms with Crippen molar-refractivity contribution in [2.45, 2.75) is 243 Å². The van der Waals surface area contributed by atoms with E-state index >= 15 is 0 Å². The lowest BCUT2D eigenvalue weighted by atomic mass is 9.89. The Hall–Kier alpha value is -7.40. The summed E-state index contributed by atoms with van der Waals surface area (Å²) in [4.78, 5) is 70.4. The molecule has 5 aliphatic heterocycles. The summed E-state index contributed by atoms with van der Waals surface area (Å²) in [6, 6.07) is 63.6. The molecule has 6 atom stereocenters. The van der Waals surface area contributed by atoms with E-state index in [4.69, 9.17) is 23.7 Å². The summed E-state index contributed by atoms with van der Waals surface area (Å²) in [6.45, 7) is 0. The number of rotatable bonds is 15. The number of benzene rings is 10.